The summed E-state index contributed by atoms with van der Waals surface area (Å²) in [5.74, 6) is -1.03. The molecule has 2 N–H and O–H groups in total. The van der Waals surface area contributed by atoms with E-state index in [0.717, 1.165) is 18.2 Å². The summed E-state index contributed by atoms with van der Waals surface area (Å²) in [6.07, 6.45) is 1.40. The second-order valence-corrected chi connectivity index (χ2v) is 6.02. The Kier molecular flexibility index (Phi) is 3.68. The number of nitrogen functional groups attached to an aromatic ring is 1. The van der Waals surface area contributed by atoms with Crippen LogP contribution in [0.3, 0.4) is 0 Å². The van der Waals surface area contributed by atoms with E-state index >= 15 is 0 Å². The van der Waals surface area contributed by atoms with Gasteiger partial charge in [-0.25, -0.2) is 17.8 Å². The van der Waals surface area contributed by atoms with Crippen LogP contribution in [-0.2, 0) is 15.6 Å². The predicted octanol–water partition coefficient (Wildman–Crippen LogP) is 1.65. The second kappa shape index (κ2) is 5.27. The first kappa shape index (κ1) is 14.0. The van der Waals surface area contributed by atoms with Crippen LogP contribution in [0.1, 0.15) is 11.3 Å². The number of nitriles is 1. The van der Waals surface area contributed by atoms with Crippen molar-refractivity contribution in [1.29, 1.82) is 5.26 Å². The molecule has 2 aromatic rings. The number of hydrogen-bond acceptors (Lipinski definition) is 5. The summed E-state index contributed by atoms with van der Waals surface area (Å²) in [5, 5.41) is 8.90. The molecule has 7 heteroatoms. The number of pyridine rings is 1. The third-order valence-corrected chi connectivity index (χ3v) is 4.38. The molecule has 0 bridgehead atoms. The minimum atomic E-state index is -3.78. The normalized spacial score (nSPS) is 11.0. The van der Waals surface area contributed by atoms with Crippen LogP contribution in [0.4, 0.5) is 10.1 Å². The van der Waals surface area contributed by atoms with Gasteiger partial charge in [0.15, 0.2) is 9.84 Å². The van der Waals surface area contributed by atoms with Gasteiger partial charge in [-0.2, -0.15) is 5.26 Å². The van der Waals surface area contributed by atoms with Gasteiger partial charge in [0.05, 0.1) is 16.3 Å². The van der Waals surface area contributed by atoms with E-state index in [1.807, 2.05) is 6.07 Å². The van der Waals surface area contributed by atoms with Crippen molar-refractivity contribution in [3.63, 3.8) is 0 Å². The minimum Gasteiger partial charge on any atom is -0.398 e. The summed E-state index contributed by atoms with van der Waals surface area (Å²) >= 11 is 0. The maximum Gasteiger partial charge on any atom is 0.184 e. The summed E-state index contributed by atoms with van der Waals surface area (Å²) in [4.78, 5) is 3.63. The van der Waals surface area contributed by atoms with Crippen LogP contribution in [-0.4, -0.2) is 13.4 Å². The molecule has 1 aromatic heterocycles. The molecule has 0 amide bonds. The molecule has 1 heterocycles. The molecule has 1 aromatic carbocycles. The number of halogens is 1. The molecule has 0 atom stereocenters. The second-order valence-electron chi connectivity index (χ2n) is 4.06. The Bertz CT molecular complexity index is 798. The summed E-state index contributed by atoms with van der Waals surface area (Å²) in [5.41, 5.74) is 5.69. The SMILES string of the molecule is N#Cc1ncccc1CS(=O)(=O)c1ccc(F)cc1N. The Balaban J connectivity index is 2.44. The van der Waals surface area contributed by atoms with E-state index in [1.54, 1.807) is 6.07 Å². The lowest BCUT2D eigenvalue weighted by atomic mass is 10.2. The van der Waals surface area contributed by atoms with Crippen molar-refractivity contribution in [2.24, 2.45) is 0 Å². The molecule has 0 fully saturated rings. The van der Waals surface area contributed by atoms with E-state index in [2.05, 4.69) is 4.98 Å². The topological polar surface area (TPSA) is 96.8 Å². The molecule has 0 spiro atoms. The van der Waals surface area contributed by atoms with Gasteiger partial charge in [-0.1, -0.05) is 6.07 Å². The molecule has 0 radical (unpaired) electrons. The van der Waals surface area contributed by atoms with Gasteiger partial charge in [-0.3, -0.25) is 0 Å². The van der Waals surface area contributed by atoms with Gasteiger partial charge in [0.2, 0.25) is 0 Å². The van der Waals surface area contributed by atoms with Gasteiger partial charge in [0.25, 0.3) is 0 Å². The molecule has 0 saturated heterocycles. The Morgan fingerprint density at radius 3 is 2.75 bits per heavy atom. The lowest BCUT2D eigenvalue weighted by molar-refractivity contribution is 0.594. The largest absolute Gasteiger partial charge is 0.398 e. The first-order chi connectivity index (χ1) is 9.44. The fourth-order valence-electron chi connectivity index (χ4n) is 1.74. The van der Waals surface area contributed by atoms with Crippen LogP contribution in [0, 0.1) is 17.1 Å². The summed E-state index contributed by atoms with van der Waals surface area (Å²) in [6.45, 7) is 0. The van der Waals surface area contributed by atoms with Gasteiger partial charge in [0, 0.05) is 11.8 Å². The van der Waals surface area contributed by atoms with Crippen molar-refractivity contribution in [3.05, 3.63) is 53.6 Å². The van der Waals surface area contributed by atoms with Gasteiger partial charge >= 0.3 is 0 Å². The molecule has 0 aliphatic rings. The Hall–Kier alpha value is -2.46. The maximum absolute atomic E-state index is 13.0. The van der Waals surface area contributed by atoms with Crippen LogP contribution >= 0.6 is 0 Å². The van der Waals surface area contributed by atoms with Crippen molar-refractivity contribution < 1.29 is 12.8 Å². The molecule has 5 nitrogen and oxygen atoms in total. The molecule has 0 unspecified atom stereocenters. The maximum atomic E-state index is 13.0. The number of nitrogens with zero attached hydrogens (tertiary/aromatic N) is 2. The van der Waals surface area contributed by atoms with E-state index in [0.29, 0.717) is 0 Å². The third kappa shape index (κ3) is 2.75. The number of benzene rings is 1. The van der Waals surface area contributed by atoms with Crippen LogP contribution in [0.25, 0.3) is 0 Å². The zero-order chi connectivity index (χ0) is 14.8. The average molecular weight is 291 g/mol. The summed E-state index contributed by atoms with van der Waals surface area (Å²) in [6, 6.07) is 7.96. The number of sulfone groups is 1. The zero-order valence-electron chi connectivity index (χ0n) is 10.2. The number of anilines is 1. The molecule has 0 aliphatic heterocycles. The first-order valence-electron chi connectivity index (χ1n) is 5.56. The van der Waals surface area contributed by atoms with E-state index in [9.17, 15) is 12.8 Å². The van der Waals surface area contributed by atoms with Crippen molar-refractivity contribution in [2.75, 3.05) is 5.73 Å². The molecule has 20 heavy (non-hydrogen) atoms. The average Bonchev–Trinajstić information content (AvgIpc) is 2.38. The molecule has 0 saturated carbocycles. The highest BCUT2D eigenvalue weighted by molar-refractivity contribution is 7.90. The third-order valence-electron chi connectivity index (χ3n) is 2.65. The van der Waals surface area contributed by atoms with Crippen molar-refractivity contribution in [3.8, 4) is 6.07 Å². The van der Waals surface area contributed by atoms with Crippen molar-refractivity contribution >= 4 is 15.5 Å². The Labute approximate surface area is 115 Å². The van der Waals surface area contributed by atoms with E-state index in [4.69, 9.17) is 11.0 Å². The fraction of sp³-hybridized carbons (Fsp3) is 0.0769. The van der Waals surface area contributed by atoms with E-state index in [1.165, 1.54) is 12.3 Å². The number of nitrogens with two attached hydrogens (primary N) is 1. The van der Waals surface area contributed by atoms with E-state index in [-0.39, 0.29) is 21.8 Å². The number of hydrogen-bond donors (Lipinski definition) is 1. The van der Waals surface area contributed by atoms with Gasteiger partial charge in [0.1, 0.15) is 17.6 Å². The molecule has 0 aliphatic carbocycles. The Morgan fingerprint density at radius 1 is 1.35 bits per heavy atom. The molecule has 2 rings (SSSR count). The smallest absolute Gasteiger partial charge is 0.184 e. The fourth-order valence-corrected chi connectivity index (χ4v) is 3.23. The highest BCUT2D eigenvalue weighted by Gasteiger charge is 2.20. The quantitative estimate of drug-likeness (QED) is 0.685. The summed E-state index contributed by atoms with van der Waals surface area (Å²) < 4.78 is 37.5. The highest BCUT2D eigenvalue weighted by atomic mass is 32.2. The van der Waals surface area contributed by atoms with Crippen LogP contribution in [0.15, 0.2) is 41.4 Å². The lowest BCUT2D eigenvalue weighted by Gasteiger charge is -2.08. The van der Waals surface area contributed by atoms with Gasteiger partial charge in [-0.05, 0) is 24.3 Å². The monoisotopic (exact) mass is 291 g/mol. The molecular weight excluding hydrogens is 281 g/mol. The first-order valence-corrected chi connectivity index (χ1v) is 7.21. The van der Waals surface area contributed by atoms with Crippen molar-refractivity contribution in [2.45, 2.75) is 10.6 Å². The molecular formula is C13H10FN3O2S. The van der Waals surface area contributed by atoms with Crippen molar-refractivity contribution in [1.82, 2.24) is 4.98 Å². The van der Waals surface area contributed by atoms with Crippen LogP contribution in [0.2, 0.25) is 0 Å². The summed E-state index contributed by atoms with van der Waals surface area (Å²) in [7, 11) is -3.78. The van der Waals surface area contributed by atoms with Crippen LogP contribution in [0.5, 0.6) is 0 Å². The predicted molar refractivity (Wildman–Crippen MR) is 70.7 cm³/mol. The Morgan fingerprint density at radius 2 is 2.10 bits per heavy atom. The highest BCUT2D eigenvalue weighted by Crippen LogP contribution is 2.23. The number of rotatable bonds is 3. The number of aromatic nitrogens is 1. The zero-order valence-corrected chi connectivity index (χ0v) is 11.1. The van der Waals surface area contributed by atoms with Gasteiger partial charge in [-0.15, -0.1) is 0 Å². The van der Waals surface area contributed by atoms with Crippen LogP contribution < -0.4 is 5.73 Å². The van der Waals surface area contributed by atoms with E-state index < -0.39 is 21.4 Å². The lowest BCUT2D eigenvalue weighted by Crippen LogP contribution is -2.09. The standard InChI is InChI=1S/C13H10FN3O2S/c14-10-3-4-13(11(16)6-10)20(18,19)8-9-2-1-5-17-12(9)7-15/h1-6H,8,16H2. The molecule has 102 valence electrons. The minimum absolute atomic E-state index is 0.0387. The van der Waals surface area contributed by atoms with Gasteiger partial charge < -0.3 is 5.73 Å².